The third-order valence-electron chi connectivity index (χ3n) is 5.71. The molecule has 0 amide bonds. The van der Waals surface area contributed by atoms with Crippen molar-refractivity contribution >= 4 is 15.8 Å². The minimum absolute atomic E-state index is 0.0833. The predicted octanol–water partition coefficient (Wildman–Crippen LogP) is 5.75. The van der Waals surface area contributed by atoms with Gasteiger partial charge in [0, 0.05) is 23.1 Å². The zero-order valence-electron chi connectivity index (χ0n) is 20.0. The van der Waals surface area contributed by atoms with E-state index in [0.717, 1.165) is 16.7 Å². The van der Waals surface area contributed by atoms with Crippen molar-refractivity contribution in [2.75, 3.05) is 6.54 Å². The van der Waals surface area contributed by atoms with Crippen LogP contribution in [0.15, 0.2) is 65.1 Å². The smallest absolute Gasteiger partial charge is 0.240 e. The van der Waals surface area contributed by atoms with Crippen molar-refractivity contribution in [2.24, 2.45) is 16.2 Å². The van der Waals surface area contributed by atoms with Gasteiger partial charge in [-0.15, -0.1) is 6.58 Å². The Balaban J connectivity index is 2.39. The Morgan fingerprint density at radius 2 is 1.45 bits per heavy atom. The lowest BCUT2D eigenvalue weighted by atomic mass is 9.64. The number of ketones is 1. The maximum Gasteiger partial charge on any atom is 0.240 e. The van der Waals surface area contributed by atoms with Crippen LogP contribution in [0.3, 0.4) is 0 Å². The van der Waals surface area contributed by atoms with Gasteiger partial charge in [-0.3, -0.25) is 4.79 Å². The molecule has 1 aliphatic rings. The summed E-state index contributed by atoms with van der Waals surface area (Å²) in [6, 6.07) is 6.81. The van der Waals surface area contributed by atoms with Gasteiger partial charge in [0.2, 0.25) is 10.0 Å². The summed E-state index contributed by atoms with van der Waals surface area (Å²) >= 11 is 0. The molecule has 1 aliphatic carbocycles. The number of aryl methyl sites for hydroxylation is 1. The number of Topliss-reactive ketones (excluding diaryl/α,β-unsaturated/α-hetero) is 1. The molecule has 0 atom stereocenters. The quantitative estimate of drug-likeness (QED) is 0.546. The van der Waals surface area contributed by atoms with E-state index >= 15 is 0 Å². The van der Waals surface area contributed by atoms with E-state index in [9.17, 15) is 13.2 Å². The van der Waals surface area contributed by atoms with Gasteiger partial charge in [-0.2, -0.15) is 0 Å². The van der Waals surface area contributed by atoms with Crippen LogP contribution in [0, 0.1) is 23.2 Å². The van der Waals surface area contributed by atoms with Crippen LogP contribution in [0.25, 0.3) is 0 Å². The molecule has 0 unspecified atom stereocenters. The summed E-state index contributed by atoms with van der Waals surface area (Å²) in [5.41, 5.74) is 1.49. The molecule has 170 valence electrons. The molecular formula is C26H37NO3S. The van der Waals surface area contributed by atoms with E-state index in [2.05, 4.69) is 11.3 Å². The van der Waals surface area contributed by atoms with Gasteiger partial charge in [0.05, 0.1) is 4.90 Å². The second-order valence-corrected chi connectivity index (χ2v) is 12.4. The maximum absolute atomic E-state index is 13.3. The number of rotatable bonds is 7. The summed E-state index contributed by atoms with van der Waals surface area (Å²) in [5, 5.41) is 0. The van der Waals surface area contributed by atoms with Crippen LogP contribution in [-0.4, -0.2) is 20.7 Å². The van der Waals surface area contributed by atoms with Crippen LogP contribution in [0.1, 0.15) is 59.9 Å². The molecule has 1 aromatic carbocycles. The average Bonchev–Trinajstić information content (AvgIpc) is 2.62. The highest BCUT2D eigenvalue weighted by Crippen LogP contribution is 2.46. The second kappa shape index (κ2) is 8.87. The second-order valence-electron chi connectivity index (χ2n) is 10.6. The number of carbonyl (C=O) groups excluding carboxylic acids is 1. The highest BCUT2D eigenvalue weighted by Gasteiger charge is 2.40. The predicted molar refractivity (Wildman–Crippen MR) is 128 cm³/mol. The average molecular weight is 444 g/mol. The number of sulfonamides is 1. The SMILES string of the molecule is C=CCC1(CCNS(=O)(=O)c2ccc(C)cc2)C=C(C(C)(C)C)C(=O)C(C(C)(C)C)=C1. The summed E-state index contributed by atoms with van der Waals surface area (Å²) in [5.74, 6) is 0.0833. The molecule has 0 saturated carbocycles. The van der Waals surface area contributed by atoms with E-state index in [1.807, 2.05) is 66.7 Å². The van der Waals surface area contributed by atoms with E-state index < -0.39 is 15.4 Å². The van der Waals surface area contributed by atoms with Crippen LogP contribution in [-0.2, 0) is 14.8 Å². The van der Waals surface area contributed by atoms with Gasteiger partial charge in [-0.05, 0) is 42.7 Å². The summed E-state index contributed by atoms with van der Waals surface area (Å²) in [7, 11) is -3.60. The number of carbonyl (C=O) groups is 1. The molecule has 0 aliphatic heterocycles. The van der Waals surface area contributed by atoms with Gasteiger partial charge in [-0.1, -0.05) is 77.5 Å². The number of nitrogens with one attached hydrogen (secondary N) is 1. The molecule has 0 aromatic heterocycles. The largest absolute Gasteiger partial charge is 0.289 e. The van der Waals surface area contributed by atoms with Gasteiger partial charge >= 0.3 is 0 Å². The highest BCUT2D eigenvalue weighted by molar-refractivity contribution is 7.89. The lowest BCUT2D eigenvalue weighted by Gasteiger charge is -2.39. The summed E-state index contributed by atoms with van der Waals surface area (Å²) in [6.45, 7) is 18.4. The molecule has 0 spiro atoms. The Morgan fingerprint density at radius 3 is 1.87 bits per heavy atom. The van der Waals surface area contributed by atoms with Gasteiger partial charge < -0.3 is 0 Å². The first kappa shape index (κ1) is 25.3. The van der Waals surface area contributed by atoms with Crippen LogP contribution in [0.5, 0.6) is 0 Å². The minimum atomic E-state index is -3.60. The van der Waals surface area contributed by atoms with Crippen molar-refractivity contribution in [3.8, 4) is 0 Å². The zero-order valence-corrected chi connectivity index (χ0v) is 20.8. The lowest BCUT2D eigenvalue weighted by Crippen LogP contribution is -2.36. The summed E-state index contributed by atoms with van der Waals surface area (Å²) in [4.78, 5) is 13.5. The molecule has 0 radical (unpaired) electrons. The Bertz CT molecular complexity index is 964. The first-order valence-electron chi connectivity index (χ1n) is 10.8. The van der Waals surface area contributed by atoms with Gasteiger partial charge in [-0.25, -0.2) is 13.1 Å². The van der Waals surface area contributed by atoms with E-state index in [4.69, 9.17) is 0 Å². The van der Waals surface area contributed by atoms with Gasteiger partial charge in [0.15, 0.2) is 5.78 Å². The molecule has 0 fully saturated rings. The first-order chi connectivity index (χ1) is 14.1. The molecule has 31 heavy (non-hydrogen) atoms. The molecule has 2 rings (SSSR count). The topological polar surface area (TPSA) is 63.2 Å². The Morgan fingerprint density at radius 1 is 0.968 bits per heavy atom. The van der Waals surface area contributed by atoms with Gasteiger partial charge in [0.25, 0.3) is 0 Å². The Kier molecular flexibility index (Phi) is 7.24. The standard InChI is InChI=1S/C26H37NO3S/c1-9-14-26(15-16-27-31(29,30)20-12-10-19(2)11-13-20)17-21(24(3,4)5)23(28)22(18-26)25(6,7)8/h9-13,17-18,27H,1,14-16H2,2-8H3. The van der Waals surface area contributed by atoms with Crippen molar-refractivity contribution in [1.29, 1.82) is 0 Å². The third-order valence-corrected chi connectivity index (χ3v) is 7.18. The number of allylic oxidation sites excluding steroid dienone is 5. The number of hydrogen-bond acceptors (Lipinski definition) is 3. The van der Waals surface area contributed by atoms with Crippen molar-refractivity contribution in [3.63, 3.8) is 0 Å². The van der Waals surface area contributed by atoms with Crippen molar-refractivity contribution in [3.05, 3.63) is 65.8 Å². The number of benzene rings is 1. The Hall–Kier alpha value is -1.98. The molecule has 0 saturated heterocycles. The summed E-state index contributed by atoms with van der Waals surface area (Å²) < 4.78 is 28.2. The molecule has 0 heterocycles. The fraction of sp³-hybridized carbons (Fsp3) is 0.500. The fourth-order valence-electron chi connectivity index (χ4n) is 3.86. The molecule has 0 bridgehead atoms. The normalized spacial score (nSPS) is 17.2. The van der Waals surface area contributed by atoms with E-state index in [1.54, 1.807) is 24.3 Å². The molecule has 1 N–H and O–H groups in total. The molecule has 4 nitrogen and oxygen atoms in total. The van der Waals surface area contributed by atoms with Crippen LogP contribution >= 0.6 is 0 Å². The fourth-order valence-corrected chi connectivity index (χ4v) is 4.89. The van der Waals surface area contributed by atoms with E-state index in [0.29, 0.717) is 12.8 Å². The van der Waals surface area contributed by atoms with Crippen LogP contribution in [0.2, 0.25) is 0 Å². The highest BCUT2D eigenvalue weighted by atomic mass is 32.2. The molecule has 5 heteroatoms. The van der Waals surface area contributed by atoms with Crippen molar-refractivity contribution in [1.82, 2.24) is 4.72 Å². The monoisotopic (exact) mass is 443 g/mol. The zero-order chi connectivity index (χ0) is 23.7. The Labute approximate surface area is 188 Å². The van der Waals surface area contributed by atoms with E-state index in [-0.39, 0.29) is 28.1 Å². The van der Waals surface area contributed by atoms with E-state index in [1.165, 1.54) is 0 Å². The third kappa shape index (κ3) is 6.05. The van der Waals surface area contributed by atoms with Crippen molar-refractivity contribution < 1.29 is 13.2 Å². The lowest BCUT2D eigenvalue weighted by molar-refractivity contribution is -0.114. The minimum Gasteiger partial charge on any atom is -0.289 e. The van der Waals surface area contributed by atoms with Crippen LogP contribution < -0.4 is 4.72 Å². The van der Waals surface area contributed by atoms with Gasteiger partial charge in [0.1, 0.15) is 0 Å². The van der Waals surface area contributed by atoms with Crippen molar-refractivity contribution in [2.45, 2.75) is 66.2 Å². The van der Waals surface area contributed by atoms with Crippen LogP contribution in [0.4, 0.5) is 0 Å². The number of hydrogen-bond donors (Lipinski definition) is 1. The maximum atomic E-state index is 13.3. The molecular weight excluding hydrogens is 406 g/mol. The summed E-state index contributed by atoms with van der Waals surface area (Å²) in [6.07, 6.45) is 7.11. The first-order valence-corrected chi connectivity index (χ1v) is 12.3. The molecule has 1 aromatic rings.